The molecule has 1 N–H and O–H groups in total. The first-order valence-electron chi connectivity index (χ1n) is 8.10. The fourth-order valence-electron chi connectivity index (χ4n) is 3.42. The van der Waals surface area contributed by atoms with Gasteiger partial charge in [-0.15, -0.1) is 0 Å². The van der Waals surface area contributed by atoms with Crippen molar-refractivity contribution in [1.82, 2.24) is 4.90 Å². The first kappa shape index (κ1) is 17.6. The summed E-state index contributed by atoms with van der Waals surface area (Å²) in [5.74, 6) is -0.486. The Bertz CT molecular complexity index is 753. The summed E-state index contributed by atoms with van der Waals surface area (Å²) in [7, 11) is 3.15. The maximum atomic E-state index is 13.6. The van der Waals surface area contributed by atoms with Crippen LogP contribution in [0.15, 0.2) is 36.4 Å². The summed E-state index contributed by atoms with van der Waals surface area (Å²) < 4.78 is 37.6. The van der Waals surface area contributed by atoms with Crippen molar-refractivity contribution in [3.05, 3.63) is 59.2 Å². The Balaban J connectivity index is 1.89. The molecule has 2 atom stereocenters. The lowest BCUT2D eigenvalue weighted by Gasteiger charge is -2.25. The van der Waals surface area contributed by atoms with Gasteiger partial charge in [-0.3, -0.25) is 4.90 Å². The first-order chi connectivity index (χ1) is 12.0. The molecule has 0 bridgehead atoms. The second-order valence-electron chi connectivity index (χ2n) is 6.16. The van der Waals surface area contributed by atoms with Gasteiger partial charge in [0.15, 0.2) is 23.1 Å². The summed E-state index contributed by atoms with van der Waals surface area (Å²) in [6.45, 7) is 0.950. The van der Waals surface area contributed by atoms with Crippen LogP contribution in [0.4, 0.5) is 8.78 Å². The monoisotopic (exact) mass is 349 g/mol. The van der Waals surface area contributed by atoms with Crippen LogP contribution in [0, 0.1) is 11.6 Å². The summed E-state index contributed by atoms with van der Waals surface area (Å²) in [5, 5.41) is 10.1. The van der Waals surface area contributed by atoms with Crippen LogP contribution < -0.4 is 9.47 Å². The van der Waals surface area contributed by atoms with Crippen molar-refractivity contribution in [3.63, 3.8) is 0 Å². The van der Waals surface area contributed by atoms with E-state index in [0.29, 0.717) is 36.6 Å². The van der Waals surface area contributed by atoms with E-state index in [0.717, 1.165) is 11.6 Å². The maximum Gasteiger partial charge on any atom is 0.165 e. The SMILES string of the molecule is COc1cccc(CN2CC(O)CC2c2ccc(F)c(F)c2)c1OC. The molecule has 1 heterocycles. The molecule has 4 nitrogen and oxygen atoms in total. The van der Waals surface area contributed by atoms with Crippen LogP contribution in [0.2, 0.25) is 0 Å². The Morgan fingerprint density at radius 1 is 1.12 bits per heavy atom. The maximum absolute atomic E-state index is 13.6. The number of benzene rings is 2. The van der Waals surface area contributed by atoms with Crippen LogP contribution in [0.1, 0.15) is 23.6 Å². The molecule has 1 fully saturated rings. The number of hydrogen-bond donors (Lipinski definition) is 1. The van der Waals surface area contributed by atoms with Crippen molar-refractivity contribution >= 4 is 0 Å². The Hall–Kier alpha value is -2.18. The number of β-amino-alcohol motifs (C(OH)–C–C–N with tert-alkyl or cyclic N) is 1. The van der Waals surface area contributed by atoms with Crippen molar-refractivity contribution in [2.24, 2.45) is 0 Å². The van der Waals surface area contributed by atoms with E-state index < -0.39 is 17.7 Å². The van der Waals surface area contributed by atoms with Crippen LogP contribution in [-0.2, 0) is 6.54 Å². The van der Waals surface area contributed by atoms with Gasteiger partial charge < -0.3 is 14.6 Å². The molecule has 134 valence electrons. The van der Waals surface area contributed by atoms with Crippen molar-refractivity contribution < 1.29 is 23.4 Å². The summed E-state index contributed by atoms with van der Waals surface area (Å²) in [5.41, 5.74) is 1.56. The second kappa shape index (κ2) is 7.37. The Labute approximate surface area is 145 Å². The lowest BCUT2D eigenvalue weighted by atomic mass is 10.0. The minimum Gasteiger partial charge on any atom is -0.493 e. The molecule has 0 spiro atoms. The molecule has 2 unspecified atom stereocenters. The van der Waals surface area contributed by atoms with Crippen molar-refractivity contribution in [2.75, 3.05) is 20.8 Å². The molecular formula is C19H21F2NO3. The Morgan fingerprint density at radius 2 is 1.92 bits per heavy atom. The molecule has 0 amide bonds. The first-order valence-corrected chi connectivity index (χ1v) is 8.10. The fourth-order valence-corrected chi connectivity index (χ4v) is 3.42. The molecule has 1 aliphatic rings. The number of para-hydroxylation sites is 1. The number of ether oxygens (including phenoxy) is 2. The van der Waals surface area contributed by atoms with Gasteiger partial charge in [0.2, 0.25) is 0 Å². The zero-order valence-corrected chi connectivity index (χ0v) is 14.2. The molecule has 25 heavy (non-hydrogen) atoms. The minimum atomic E-state index is -0.877. The van der Waals surface area contributed by atoms with Gasteiger partial charge in [0.1, 0.15) is 0 Å². The quantitative estimate of drug-likeness (QED) is 0.899. The van der Waals surface area contributed by atoms with Gasteiger partial charge >= 0.3 is 0 Å². The van der Waals surface area contributed by atoms with Gasteiger partial charge in [-0.05, 0) is 30.2 Å². The Kier molecular flexibility index (Phi) is 5.20. The van der Waals surface area contributed by atoms with E-state index in [2.05, 4.69) is 0 Å². The summed E-state index contributed by atoms with van der Waals surface area (Å²) in [4.78, 5) is 2.04. The largest absolute Gasteiger partial charge is 0.493 e. The highest BCUT2D eigenvalue weighted by molar-refractivity contribution is 5.46. The highest BCUT2D eigenvalue weighted by Gasteiger charge is 2.33. The van der Waals surface area contributed by atoms with Gasteiger partial charge in [-0.25, -0.2) is 8.78 Å². The number of hydrogen-bond acceptors (Lipinski definition) is 4. The number of halogens is 2. The van der Waals surface area contributed by atoms with E-state index in [4.69, 9.17) is 9.47 Å². The molecular weight excluding hydrogens is 328 g/mol. The molecule has 1 saturated heterocycles. The zero-order valence-electron chi connectivity index (χ0n) is 14.2. The van der Waals surface area contributed by atoms with Crippen LogP contribution in [0.5, 0.6) is 11.5 Å². The van der Waals surface area contributed by atoms with Gasteiger partial charge in [0.25, 0.3) is 0 Å². The third-order valence-corrected chi connectivity index (χ3v) is 4.57. The standard InChI is InChI=1S/C19H21F2NO3/c1-24-18-5-3-4-13(19(18)25-2)10-22-11-14(23)9-17(22)12-6-7-15(20)16(21)8-12/h3-8,14,17,23H,9-11H2,1-2H3. The second-order valence-corrected chi connectivity index (χ2v) is 6.16. The topological polar surface area (TPSA) is 41.9 Å². The van der Waals surface area contributed by atoms with Crippen molar-refractivity contribution in [2.45, 2.75) is 25.1 Å². The zero-order chi connectivity index (χ0) is 18.0. The fraction of sp³-hybridized carbons (Fsp3) is 0.368. The van der Waals surface area contributed by atoms with Gasteiger partial charge in [0.05, 0.1) is 20.3 Å². The van der Waals surface area contributed by atoms with E-state index in [9.17, 15) is 13.9 Å². The molecule has 6 heteroatoms. The highest BCUT2D eigenvalue weighted by atomic mass is 19.2. The van der Waals surface area contributed by atoms with E-state index in [1.807, 2.05) is 23.1 Å². The number of rotatable bonds is 5. The van der Waals surface area contributed by atoms with Crippen LogP contribution in [-0.4, -0.2) is 36.9 Å². The molecule has 2 aromatic carbocycles. The number of likely N-dealkylation sites (tertiary alicyclic amines) is 1. The lowest BCUT2D eigenvalue weighted by molar-refractivity contribution is 0.172. The summed E-state index contributed by atoms with van der Waals surface area (Å²) >= 11 is 0. The van der Waals surface area contributed by atoms with E-state index in [1.54, 1.807) is 20.3 Å². The molecule has 0 aromatic heterocycles. The van der Waals surface area contributed by atoms with E-state index in [-0.39, 0.29) is 6.04 Å². The normalized spacial score (nSPS) is 20.7. The third-order valence-electron chi connectivity index (χ3n) is 4.57. The average molecular weight is 349 g/mol. The Morgan fingerprint density at radius 3 is 2.60 bits per heavy atom. The van der Waals surface area contributed by atoms with Gasteiger partial charge in [-0.1, -0.05) is 18.2 Å². The number of aliphatic hydroxyl groups is 1. The molecule has 3 rings (SSSR count). The lowest BCUT2D eigenvalue weighted by Crippen LogP contribution is -2.24. The molecule has 0 saturated carbocycles. The number of aliphatic hydroxyl groups excluding tert-OH is 1. The van der Waals surface area contributed by atoms with Crippen molar-refractivity contribution in [3.8, 4) is 11.5 Å². The van der Waals surface area contributed by atoms with Crippen LogP contribution >= 0.6 is 0 Å². The van der Waals surface area contributed by atoms with Crippen molar-refractivity contribution in [1.29, 1.82) is 0 Å². The predicted octanol–water partition coefficient (Wildman–Crippen LogP) is 3.29. The molecule has 0 radical (unpaired) electrons. The molecule has 2 aromatic rings. The minimum absolute atomic E-state index is 0.194. The average Bonchev–Trinajstić information content (AvgIpc) is 2.97. The predicted molar refractivity (Wildman–Crippen MR) is 89.7 cm³/mol. The van der Waals surface area contributed by atoms with Crippen LogP contribution in [0.25, 0.3) is 0 Å². The molecule has 0 aliphatic carbocycles. The van der Waals surface area contributed by atoms with E-state index >= 15 is 0 Å². The third kappa shape index (κ3) is 3.60. The van der Waals surface area contributed by atoms with Crippen LogP contribution in [0.3, 0.4) is 0 Å². The van der Waals surface area contributed by atoms with E-state index in [1.165, 1.54) is 6.07 Å². The number of methoxy groups -OCH3 is 2. The number of nitrogens with zero attached hydrogens (tertiary/aromatic N) is 1. The smallest absolute Gasteiger partial charge is 0.165 e. The highest BCUT2D eigenvalue weighted by Crippen LogP contribution is 2.37. The summed E-state index contributed by atoms with van der Waals surface area (Å²) in [6, 6.07) is 9.31. The van der Waals surface area contributed by atoms with Gasteiger partial charge in [0, 0.05) is 24.7 Å². The molecule has 1 aliphatic heterocycles. The summed E-state index contributed by atoms with van der Waals surface area (Å²) in [6.07, 6.45) is -0.0492. The van der Waals surface area contributed by atoms with Gasteiger partial charge in [-0.2, -0.15) is 0 Å².